The minimum Gasteiger partial charge on any atom is -0.418 e. The molecule has 22 heavy (non-hydrogen) atoms. The summed E-state index contributed by atoms with van der Waals surface area (Å²) in [5, 5.41) is 11.3. The number of aromatic nitrogens is 2. The van der Waals surface area contributed by atoms with Crippen molar-refractivity contribution in [1.82, 2.24) is 10.2 Å². The molecule has 0 radical (unpaired) electrons. The molecule has 0 spiro atoms. The largest absolute Gasteiger partial charge is 0.418 e. The first-order valence-corrected chi connectivity index (χ1v) is 7.04. The lowest BCUT2D eigenvalue weighted by Gasteiger charge is -2.10. The fourth-order valence-electron chi connectivity index (χ4n) is 2.08. The third-order valence-corrected chi connectivity index (χ3v) is 3.34. The number of halogens is 1. The predicted octanol–water partition coefficient (Wildman–Crippen LogP) is 4.36. The van der Waals surface area contributed by atoms with Crippen molar-refractivity contribution in [1.29, 1.82) is 0 Å². The second-order valence-electron chi connectivity index (χ2n) is 5.18. The predicted molar refractivity (Wildman–Crippen MR) is 82.9 cm³/mol. The number of hydrogen-bond acceptors (Lipinski definition) is 4. The summed E-state index contributed by atoms with van der Waals surface area (Å²) >= 11 is 0. The highest BCUT2D eigenvalue weighted by atomic mass is 19.1. The lowest BCUT2D eigenvalue weighted by atomic mass is 10.1. The van der Waals surface area contributed by atoms with Gasteiger partial charge >= 0.3 is 0 Å². The van der Waals surface area contributed by atoms with Crippen LogP contribution >= 0.6 is 0 Å². The highest BCUT2D eigenvalue weighted by molar-refractivity contribution is 5.53. The van der Waals surface area contributed by atoms with Gasteiger partial charge in [-0.2, -0.15) is 0 Å². The van der Waals surface area contributed by atoms with Gasteiger partial charge in [0, 0.05) is 11.3 Å². The van der Waals surface area contributed by atoms with Crippen LogP contribution in [0.1, 0.15) is 24.4 Å². The van der Waals surface area contributed by atoms with E-state index < -0.39 is 0 Å². The average molecular weight is 297 g/mol. The Bertz CT molecular complexity index is 750. The van der Waals surface area contributed by atoms with Crippen molar-refractivity contribution in [2.45, 2.75) is 19.9 Å². The quantitative estimate of drug-likeness (QED) is 0.777. The Kier molecular flexibility index (Phi) is 3.87. The Hall–Kier alpha value is -2.69. The molecular weight excluding hydrogens is 281 g/mol. The number of anilines is 1. The summed E-state index contributed by atoms with van der Waals surface area (Å²) in [5.41, 5.74) is 2.86. The Labute approximate surface area is 128 Å². The molecule has 1 unspecified atom stereocenters. The number of rotatable bonds is 4. The van der Waals surface area contributed by atoms with Gasteiger partial charge in [0.2, 0.25) is 11.8 Å². The van der Waals surface area contributed by atoms with Gasteiger partial charge in [-0.25, -0.2) is 4.39 Å². The fourth-order valence-corrected chi connectivity index (χ4v) is 2.08. The third kappa shape index (κ3) is 3.14. The van der Waals surface area contributed by atoms with Crippen LogP contribution in [0, 0.1) is 12.7 Å². The second-order valence-corrected chi connectivity index (χ2v) is 5.18. The zero-order chi connectivity index (χ0) is 15.5. The van der Waals surface area contributed by atoms with Crippen LogP contribution in [0.25, 0.3) is 11.5 Å². The maximum absolute atomic E-state index is 12.9. The van der Waals surface area contributed by atoms with Gasteiger partial charge in [-0.05, 0) is 50.2 Å². The van der Waals surface area contributed by atoms with Crippen LogP contribution in [0.5, 0.6) is 0 Å². The first-order chi connectivity index (χ1) is 10.6. The molecule has 0 amide bonds. The molecule has 112 valence electrons. The van der Waals surface area contributed by atoms with Crippen molar-refractivity contribution in [2.75, 3.05) is 5.32 Å². The fraction of sp³-hybridized carbons (Fsp3) is 0.176. The highest BCUT2D eigenvalue weighted by Gasteiger charge is 2.14. The van der Waals surface area contributed by atoms with Gasteiger partial charge in [0.15, 0.2) is 0 Å². The first kappa shape index (κ1) is 14.3. The summed E-state index contributed by atoms with van der Waals surface area (Å²) in [5.74, 6) is 0.709. The molecule has 1 aromatic heterocycles. The van der Waals surface area contributed by atoms with Crippen LogP contribution in [0.15, 0.2) is 52.9 Å². The summed E-state index contributed by atoms with van der Waals surface area (Å²) in [6, 6.07) is 13.9. The van der Waals surface area contributed by atoms with Crippen LogP contribution in [0.3, 0.4) is 0 Å². The zero-order valence-corrected chi connectivity index (χ0v) is 12.4. The van der Waals surface area contributed by atoms with E-state index in [1.165, 1.54) is 17.7 Å². The summed E-state index contributed by atoms with van der Waals surface area (Å²) < 4.78 is 18.6. The van der Waals surface area contributed by atoms with Crippen molar-refractivity contribution in [3.05, 3.63) is 65.8 Å². The number of nitrogens with zero attached hydrogens (tertiary/aromatic N) is 2. The molecule has 1 heterocycles. The second kappa shape index (κ2) is 5.97. The van der Waals surface area contributed by atoms with Gasteiger partial charge in [-0.3, -0.25) is 0 Å². The molecule has 3 aromatic rings. The van der Waals surface area contributed by atoms with E-state index in [4.69, 9.17) is 4.42 Å². The first-order valence-electron chi connectivity index (χ1n) is 7.04. The molecule has 0 saturated heterocycles. The van der Waals surface area contributed by atoms with Gasteiger partial charge < -0.3 is 9.73 Å². The molecule has 1 atom stereocenters. The highest BCUT2D eigenvalue weighted by Crippen LogP contribution is 2.23. The van der Waals surface area contributed by atoms with Crippen LogP contribution < -0.4 is 5.32 Å². The van der Waals surface area contributed by atoms with E-state index in [9.17, 15) is 4.39 Å². The van der Waals surface area contributed by atoms with Crippen LogP contribution in [0.2, 0.25) is 0 Å². The van der Waals surface area contributed by atoms with Crippen molar-refractivity contribution >= 4 is 5.69 Å². The van der Waals surface area contributed by atoms with E-state index in [2.05, 4.69) is 15.5 Å². The Morgan fingerprint density at radius 2 is 1.68 bits per heavy atom. The van der Waals surface area contributed by atoms with Gasteiger partial charge in [0.25, 0.3) is 0 Å². The normalized spacial score (nSPS) is 12.1. The minimum atomic E-state index is -0.266. The van der Waals surface area contributed by atoms with Crippen molar-refractivity contribution < 1.29 is 8.81 Å². The smallest absolute Gasteiger partial charge is 0.247 e. The Morgan fingerprint density at radius 1 is 1.00 bits per heavy atom. The standard InChI is InChI=1S/C17H16FN3O/c1-11-3-5-13(6-4-11)17-21-20-16(22-17)12(2)19-15-9-7-14(18)8-10-15/h3-10,12,19H,1-2H3. The maximum Gasteiger partial charge on any atom is 0.247 e. The molecule has 0 aliphatic heterocycles. The topological polar surface area (TPSA) is 51.0 Å². The number of hydrogen-bond donors (Lipinski definition) is 1. The molecule has 0 fully saturated rings. The number of aryl methyl sites for hydroxylation is 1. The average Bonchev–Trinajstić information content (AvgIpc) is 3.00. The third-order valence-electron chi connectivity index (χ3n) is 3.34. The molecule has 0 bridgehead atoms. The maximum atomic E-state index is 12.9. The lowest BCUT2D eigenvalue weighted by Crippen LogP contribution is -2.06. The summed E-state index contributed by atoms with van der Waals surface area (Å²) in [6.45, 7) is 3.94. The Balaban J connectivity index is 1.75. The summed E-state index contributed by atoms with van der Waals surface area (Å²) in [7, 11) is 0. The van der Waals surface area contributed by atoms with E-state index in [-0.39, 0.29) is 11.9 Å². The molecule has 0 saturated carbocycles. The number of nitrogens with one attached hydrogen (secondary N) is 1. The Morgan fingerprint density at radius 3 is 2.36 bits per heavy atom. The summed E-state index contributed by atoms with van der Waals surface area (Å²) in [4.78, 5) is 0. The van der Waals surface area contributed by atoms with E-state index in [0.29, 0.717) is 11.8 Å². The van der Waals surface area contributed by atoms with Crippen LogP contribution in [-0.2, 0) is 0 Å². The van der Waals surface area contributed by atoms with Gasteiger partial charge in [-0.15, -0.1) is 10.2 Å². The van der Waals surface area contributed by atoms with Crippen molar-refractivity contribution in [3.8, 4) is 11.5 Å². The van der Waals surface area contributed by atoms with E-state index in [0.717, 1.165) is 11.3 Å². The van der Waals surface area contributed by atoms with Crippen LogP contribution in [0.4, 0.5) is 10.1 Å². The minimum absolute atomic E-state index is 0.169. The molecule has 0 aliphatic carbocycles. The zero-order valence-electron chi connectivity index (χ0n) is 12.4. The molecule has 2 aromatic carbocycles. The molecule has 0 aliphatic rings. The van der Waals surface area contributed by atoms with E-state index in [1.54, 1.807) is 12.1 Å². The lowest BCUT2D eigenvalue weighted by molar-refractivity contribution is 0.485. The van der Waals surface area contributed by atoms with Gasteiger partial charge in [0.1, 0.15) is 11.9 Å². The molecule has 1 N–H and O–H groups in total. The van der Waals surface area contributed by atoms with Gasteiger partial charge in [0.05, 0.1) is 0 Å². The van der Waals surface area contributed by atoms with Gasteiger partial charge in [-0.1, -0.05) is 17.7 Å². The summed E-state index contributed by atoms with van der Waals surface area (Å²) in [6.07, 6.45) is 0. The van der Waals surface area contributed by atoms with E-state index >= 15 is 0 Å². The molecule has 5 heteroatoms. The van der Waals surface area contributed by atoms with Crippen molar-refractivity contribution in [2.24, 2.45) is 0 Å². The number of benzene rings is 2. The van der Waals surface area contributed by atoms with E-state index in [1.807, 2.05) is 38.1 Å². The monoisotopic (exact) mass is 297 g/mol. The van der Waals surface area contributed by atoms with Crippen LogP contribution in [-0.4, -0.2) is 10.2 Å². The molecule has 3 rings (SSSR count). The molecule has 4 nitrogen and oxygen atoms in total. The molecular formula is C17H16FN3O. The SMILES string of the molecule is Cc1ccc(-c2nnc(C(C)Nc3ccc(F)cc3)o2)cc1. The van der Waals surface area contributed by atoms with Crippen molar-refractivity contribution in [3.63, 3.8) is 0 Å².